The Morgan fingerprint density at radius 1 is 0.789 bits per heavy atom. The number of alkyl halides is 3. The molecule has 2 aromatic rings. The van der Waals surface area contributed by atoms with Crippen molar-refractivity contribution in [3.8, 4) is 23.0 Å². The lowest BCUT2D eigenvalue weighted by Crippen LogP contribution is -2.01. The molecule has 2 rings (SSSR count). The van der Waals surface area contributed by atoms with Gasteiger partial charge in [-0.1, -0.05) is 47.9 Å². The average Bonchev–Trinajstić information content (AvgIpc) is 2.37. The van der Waals surface area contributed by atoms with Gasteiger partial charge in [-0.25, -0.2) is 0 Å². The maximum atomic E-state index is 11.9. The Morgan fingerprint density at radius 3 is 1.74 bits per heavy atom. The van der Waals surface area contributed by atoms with Crippen LogP contribution in [0.15, 0.2) is 48.5 Å². The van der Waals surface area contributed by atoms with E-state index >= 15 is 0 Å². The van der Waals surface area contributed by atoms with Gasteiger partial charge in [-0.05, 0) is 30.2 Å². The second-order valence-electron chi connectivity index (χ2n) is 4.19. The second-order valence-corrected chi connectivity index (χ2v) is 4.19. The van der Waals surface area contributed by atoms with Gasteiger partial charge in [-0.15, -0.1) is 0 Å². The topological polar surface area (TPSA) is 0 Å². The molecule has 0 aromatic heterocycles. The van der Waals surface area contributed by atoms with E-state index in [-0.39, 0.29) is 0 Å². The number of hydrogen-bond donors (Lipinski definition) is 0. The third-order valence-electron chi connectivity index (χ3n) is 2.62. The fourth-order valence-electron chi connectivity index (χ4n) is 1.64. The first kappa shape index (κ1) is 13.2. The van der Waals surface area contributed by atoms with Crippen LogP contribution in [0.2, 0.25) is 0 Å². The Morgan fingerprint density at radius 2 is 1.26 bits per heavy atom. The zero-order chi connectivity index (χ0) is 13.9. The van der Waals surface area contributed by atoms with Gasteiger partial charge in [-0.2, -0.15) is 13.2 Å². The Hall–Kier alpha value is -2.21. The molecule has 0 radical (unpaired) electrons. The number of benzene rings is 2. The summed E-state index contributed by atoms with van der Waals surface area (Å²) < 4.78 is 35.8. The lowest BCUT2D eigenvalue weighted by molar-refractivity contribution is -0.0696. The van der Waals surface area contributed by atoms with Crippen LogP contribution in [-0.4, -0.2) is 6.18 Å². The van der Waals surface area contributed by atoms with Crippen LogP contribution >= 0.6 is 0 Å². The van der Waals surface area contributed by atoms with Gasteiger partial charge in [0.2, 0.25) is 0 Å². The quantitative estimate of drug-likeness (QED) is 0.658. The third kappa shape index (κ3) is 3.89. The highest BCUT2D eigenvalue weighted by atomic mass is 19.4. The molecule has 0 bridgehead atoms. The van der Waals surface area contributed by atoms with Crippen molar-refractivity contribution in [3.05, 3.63) is 59.7 Å². The minimum atomic E-state index is -4.45. The van der Waals surface area contributed by atoms with Gasteiger partial charge >= 0.3 is 6.18 Å². The van der Waals surface area contributed by atoms with E-state index in [1.165, 1.54) is 5.92 Å². The Balaban J connectivity index is 2.23. The first-order valence-electron chi connectivity index (χ1n) is 5.71. The van der Waals surface area contributed by atoms with E-state index in [0.29, 0.717) is 5.56 Å². The molecule has 0 atom stereocenters. The van der Waals surface area contributed by atoms with Crippen molar-refractivity contribution in [1.29, 1.82) is 0 Å². The van der Waals surface area contributed by atoms with Crippen LogP contribution in [0.3, 0.4) is 0 Å². The molecule has 0 fully saturated rings. The molecule has 19 heavy (non-hydrogen) atoms. The number of aryl methyl sites for hydroxylation is 1. The van der Waals surface area contributed by atoms with Gasteiger partial charge in [-0.3, -0.25) is 0 Å². The van der Waals surface area contributed by atoms with E-state index in [2.05, 4.69) is 5.92 Å². The zero-order valence-corrected chi connectivity index (χ0v) is 10.3. The summed E-state index contributed by atoms with van der Waals surface area (Å²) in [4.78, 5) is 0. The highest BCUT2D eigenvalue weighted by Gasteiger charge is 2.22. The second kappa shape index (κ2) is 5.19. The van der Waals surface area contributed by atoms with Crippen molar-refractivity contribution in [2.24, 2.45) is 0 Å². The highest BCUT2D eigenvalue weighted by Crippen LogP contribution is 2.20. The SMILES string of the molecule is Cc1ccc(-c2ccc(C#CC(F)(F)F)cc2)cc1. The van der Waals surface area contributed by atoms with Gasteiger partial charge in [0.25, 0.3) is 0 Å². The summed E-state index contributed by atoms with van der Waals surface area (Å²) in [5.74, 6) is 3.35. The molecule has 96 valence electrons. The van der Waals surface area contributed by atoms with E-state index in [9.17, 15) is 13.2 Å². The van der Waals surface area contributed by atoms with Crippen LogP contribution in [0, 0.1) is 18.8 Å². The number of halogens is 3. The van der Waals surface area contributed by atoms with Gasteiger partial charge < -0.3 is 0 Å². The first-order valence-corrected chi connectivity index (χ1v) is 5.71. The summed E-state index contributed by atoms with van der Waals surface area (Å²) in [7, 11) is 0. The van der Waals surface area contributed by atoms with Crippen LogP contribution in [0.4, 0.5) is 13.2 Å². The number of rotatable bonds is 1. The maximum Gasteiger partial charge on any atom is 0.458 e. The van der Waals surface area contributed by atoms with Crippen molar-refractivity contribution in [1.82, 2.24) is 0 Å². The van der Waals surface area contributed by atoms with Crippen molar-refractivity contribution in [2.75, 3.05) is 0 Å². The first-order chi connectivity index (χ1) is 8.94. The van der Waals surface area contributed by atoms with Crippen LogP contribution < -0.4 is 0 Å². The van der Waals surface area contributed by atoms with E-state index in [0.717, 1.165) is 16.7 Å². The summed E-state index contributed by atoms with van der Waals surface area (Å²) >= 11 is 0. The molecule has 0 saturated carbocycles. The fraction of sp³-hybridized carbons (Fsp3) is 0.125. The van der Waals surface area contributed by atoms with Gasteiger partial charge in [0, 0.05) is 11.5 Å². The van der Waals surface area contributed by atoms with Crippen molar-refractivity contribution < 1.29 is 13.2 Å². The Kier molecular flexibility index (Phi) is 3.62. The molecule has 3 heteroatoms. The molecule has 0 unspecified atom stereocenters. The zero-order valence-electron chi connectivity index (χ0n) is 10.3. The molecule has 0 N–H and O–H groups in total. The van der Waals surface area contributed by atoms with Crippen LogP contribution in [0.1, 0.15) is 11.1 Å². The van der Waals surface area contributed by atoms with Crippen LogP contribution in [0.5, 0.6) is 0 Å². The van der Waals surface area contributed by atoms with Gasteiger partial charge in [0.05, 0.1) is 0 Å². The molecule has 0 nitrogen and oxygen atoms in total. The number of hydrogen-bond acceptors (Lipinski definition) is 0. The normalized spacial score (nSPS) is 10.7. The maximum absolute atomic E-state index is 11.9. The average molecular weight is 260 g/mol. The van der Waals surface area contributed by atoms with E-state index < -0.39 is 6.18 Å². The summed E-state index contributed by atoms with van der Waals surface area (Å²) in [6.07, 6.45) is -4.45. The third-order valence-corrected chi connectivity index (χ3v) is 2.62. The molecule has 0 spiro atoms. The summed E-state index contributed by atoms with van der Waals surface area (Å²) in [5, 5.41) is 0. The lowest BCUT2D eigenvalue weighted by Gasteiger charge is -2.02. The molecule has 0 aliphatic heterocycles. The largest absolute Gasteiger partial charge is 0.458 e. The molecule has 2 aromatic carbocycles. The van der Waals surface area contributed by atoms with Gasteiger partial charge in [0.15, 0.2) is 0 Å². The fourth-order valence-corrected chi connectivity index (χ4v) is 1.64. The Labute approximate surface area is 109 Å². The Bertz CT molecular complexity index is 608. The minimum Gasteiger partial charge on any atom is -0.159 e. The molecular weight excluding hydrogens is 249 g/mol. The molecular formula is C16H11F3. The standard InChI is InChI=1S/C16H11F3/c1-12-2-6-14(7-3-12)15-8-4-13(5-9-15)10-11-16(17,18)19/h2-9H,1H3. The molecule has 0 amide bonds. The summed E-state index contributed by atoms with van der Waals surface area (Å²) in [6.45, 7) is 2.00. The molecule has 0 heterocycles. The molecule has 0 saturated heterocycles. The highest BCUT2D eigenvalue weighted by molar-refractivity contribution is 5.64. The summed E-state index contributed by atoms with van der Waals surface area (Å²) in [6, 6.07) is 14.7. The van der Waals surface area contributed by atoms with E-state index in [1.54, 1.807) is 24.3 Å². The molecule has 0 aliphatic rings. The predicted molar refractivity (Wildman–Crippen MR) is 69.5 cm³/mol. The van der Waals surface area contributed by atoms with Crippen molar-refractivity contribution in [3.63, 3.8) is 0 Å². The lowest BCUT2D eigenvalue weighted by atomic mass is 10.0. The van der Waals surface area contributed by atoms with E-state index in [4.69, 9.17) is 0 Å². The van der Waals surface area contributed by atoms with Gasteiger partial charge in [0.1, 0.15) is 0 Å². The van der Waals surface area contributed by atoms with Crippen LogP contribution in [0.25, 0.3) is 11.1 Å². The molecule has 0 aliphatic carbocycles. The minimum absolute atomic E-state index is 0.355. The summed E-state index contributed by atoms with van der Waals surface area (Å²) in [5.41, 5.74) is 3.50. The van der Waals surface area contributed by atoms with Crippen molar-refractivity contribution >= 4 is 0 Å². The van der Waals surface area contributed by atoms with Crippen LogP contribution in [-0.2, 0) is 0 Å². The predicted octanol–water partition coefficient (Wildman–Crippen LogP) is 4.58. The smallest absolute Gasteiger partial charge is 0.159 e. The van der Waals surface area contributed by atoms with E-state index in [1.807, 2.05) is 31.2 Å². The van der Waals surface area contributed by atoms with Crippen molar-refractivity contribution in [2.45, 2.75) is 13.1 Å². The monoisotopic (exact) mass is 260 g/mol.